The maximum atomic E-state index is 11.8. The van der Waals surface area contributed by atoms with Crippen LogP contribution in [-0.4, -0.2) is 33.1 Å². The van der Waals surface area contributed by atoms with E-state index in [1.807, 2.05) is 24.3 Å². The number of halogens is 1. The first kappa shape index (κ1) is 17.8. The first-order chi connectivity index (χ1) is 11.0. The lowest BCUT2D eigenvalue weighted by Gasteiger charge is -2.07. The normalized spacial score (nSPS) is 11.0. The van der Waals surface area contributed by atoms with E-state index in [4.69, 9.17) is 5.84 Å². The van der Waals surface area contributed by atoms with E-state index in [-0.39, 0.29) is 11.7 Å². The van der Waals surface area contributed by atoms with Crippen LogP contribution in [0.1, 0.15) is 20.3 Å². The molecule has 2 aromatic rings. The molecule has 0 radical (unpaired) electrons. The molecule has 0 saturated carbocycles. The monoisotopic (exact) mass is 397 g/mol. The molecule has 1 aromatic carbocycles. The van der Waals surface area contributed by atoms with Crippen molar-refractivity contribution in [1.29, 1.82) is 0 Å². The number of hydrogen-bond donors (Lipinski definition) is 2. The van der Waals surface area contributed by atoms with Crippen LogP contribution in [0, 0.1) is 5.92 Å². The third-order valence-electron chi connectivity index (χ3n) is 3.12. The van der Waals surface area contributed by atoms with Gasteiger partial charge in [-0.1, -0.05) is 53.7 Å². The molecular formula is C15H20BrN5OS. The number of rotatable bonds is 7. The average molecular weight is 398 g/mol. The topological polar surface area (TPSA) is 85.8 Å². The molecule has 8 heteroatoms. The van der Waals surface area contributed by atoms with E-state index in [1.165, 1.54) is 16.4 Å². The van der Waals surface area contributed by atoms with Gasteiger partial charge >= 0.3 is 0 Å². The second kappa shape index (κ2) is 8.35. The molecule has 0 aliphatic carbocycles. The maximum Gasteiger partial charge on any atom is 0.230 e. The second-order valence-electron chi connectivity index (χ2n) is 5.51. The molecule has 0 spiro atoms. The van der Waals surface area contributed by atoms with Crippen LogP contribution in [0.25, 0.3) is 11.4 Å². The third-order valence-corrected chi connectivity index (χ3v) is 4.56. The Morgan fingerprint density at radius 3 is 2.91 bits per heavy atom. The van der Waals surface area contributed by atoms with Gasteiger partial charge in [0, 0.05) is 16.6 Å². The molecule has 0 aliphatic rings. The van der Waals surface area contributed by atoms with Gasteiger partial charge in [-0.05, 0) is 24.5 Å². The van der Waals surface area contributed by atoms with E-state index in [0.717, 1.165) is 16.5 Å². The summed E-state index contributed by atoms with van der Waals surface area (Å²) >= 11 is 4.69. The number of nitrogen functional groups attached to an aromatic ring is 1. The zero-order chi connectivity index (χ0) is 16.8. The smallest absolute Gasteiger partial charge is 0.230 e. The molecule has 0 atom stereocenters. The number of hydrogen-bond acceptors (Lipinski definition) is 5. The van der Waals surface area contributed by atoms with Gasteiger partial charge in [-0.2, -0.15) is 0 Å². The lowest BCUT2D eigenvalue weighted by molar-refractivity contribution is -0.118. The number of nitrogens with two attached hydrogens (primary N) is 1. The summed E-state index contributed by atoms with van der Waals surface area (Å²) in [6.45, 7) is 4.94. The standard InChI is InChI=1S/C15H20BrN5OS/c1-10(2)6-7-18-13(22)9-23-15-20-19-14(21(15)17)11-4-3-5-12(16)8-11/h3-5,8,10H,6-7,9,17H2,1-2H3,(H,18,22). The summed E-state index contributed by atoms with van der Waals surface area (Å²) in [6, 6.07) is 7.66. The van der Waals surface area contributed by atoms with Crippen molar-refractivity contribution in [1.82, 2.24) is 20.2 Å². The fraction of sp³-hybridized carbons (Fsp3) is 0.400. The Hall–Kier alpha value is -1.54. The van der Waals surface area contributed by atoms with Crippen LogP contribution in [0.5, 0.6) is 0 Å². The van der Waals surface area contributed by atoms with Crippen molar-refractivity contribution in [2.45, 2.75) is 25.4 Å². The Kier molecular flexibility index (Phi) is 6.47. The predicted molar refractivity (Wildman–Crippen MR) is 96.5 cm³/mol. The highest BCUT2D eigenvalue weighted by atomic mass is 79.9. The summed E-state index contributed by atoms with van der Waals surface area (Å²) in [7, 11) is 0. The minimum atomic E-state index is -0.0253. The average Bonchev–Trinajstić information content (AvgIpc) is 2.86. The third kappa shape index (κ3) is 5.24. The molecule has 124 valence electrons. The number of benzene rings is 1. The van der Waals surface area contributed by atoms with E-state index in [2.05, 4.69) is 45.3 Å². The van der Waals surface area contributed by atoms with Crippen LogP contribution in [0.15, 0.2) is 33.9 Å². The molecule has 1 aromatic heterocycles. The Morgan fingerprint density at radius 2 is 2.22 bits per heavy atom. The van der Waals surface area contributed by atoms with Gasteiger partial charge in [-0.3, -0.25) is 4.79 Å². The largest absolute Gasteiger partial charge is 0.355 e. The van der Waals surface area contributed by atoms with Crippen molar-refractivity contribution < 1.29 is 4.79 Å². The summed E-state index contributed by atoms with van der Waals surface area (Å²) in [5.74, 6) is 7.42. The molecule has 0 unspecified atom stereocenters. The van der Waals surface area contributed by atoms with Gasteiger partial charge in [0.2, 0.25) is 11.1 Å². The van der Waals surface area contributed by atoms with E-state index in [9.17, 15) is 4.79 Å². The van der Waals surface area contributed by atoms with Crippen molar-refractivity contribution in [2.75, 3.05) is 18.1 Å². The van der Waals surface area contributed by atoms with E-state index in [0.29, 0.717) is 23.4 Å². The van der Waals surface area contributed by atoms with Gasteiger partial charge in [0.1, 0.15) is 0 Å². The van der Waals surface area contributed by atoms with Gasteiger partial charge in [0.15, 0.2) is 5.82 Å². The highest BCUT2D eigenvalue weighted by Gasteiger charge is 2.13. The van der Waals surface area contributed by atoms with E-state index >= 15 is 0 Å². The summed E-state index contributed by atoms with van der Waals surface area (Å²) in [5.41, 5.74) is 0.864. The number of aromatic nitrogens is 3. The Balaban J connectivity index is 1.93. The summed E-state index contributed by atoms with van der Waals surface area (Å²) < 4.78 is 2.35. The summed E-state index contributed by atoms with van der Waals surface area (Å²) in [6.07, 6.45) is 0.969. The first-order valence-corrected chi connectivity index (χ1v) is 9.11. The highest BCUT2D eigenvalue weighted by molar-refractivity contribution is 9.10. The highest BCUT2D eigenvalue weighted by Crippen LogP contribution is 2.23. The second-order valence-corrected chi connectivity index (χ2v) is 7.37. The van der Waals surface area contributed by atoms with Gasteiger partial charge in [0.05, 0.1) is 5.75 Å². The Bertz CT molecular complexity index is 674. The number of nitrogens with zero attached hydrogens (tertiary/aromatic N) is 3. The minimum absolute atomic E-state index is 0.0253. The fourth-order valence-corrected chi connectivity index (χ4v) is 2.97. The lowest BCUT2D eigenvalue weighted by atomic mass is 10.1. The SMILES string of the molecule is CC(C)CCNC(=O)CSc1nnc(-c2cccc(Br)c2)n1N. The first-order valence-electron chi connectivity index (χ1n) is 7.33. The predicted octanol–water partition coefficient (Wildman–Crippen LogP) is 2.68. The summed E-state index contributed by atoms with van der Waals surface area (Å²) in [4.78, 5) is 11.8. The van der Waals surface area contributed by atoms with Crippen LogP contribution >= 0.6 is 27.7 Å². The van der Waals surface area contributed by atoms with Crippen LogP contribution in [0.4, 0.5) is 0 Å². The zero-order valence-corrected chi connectivity index (χ0v) is 15.5. The fourth-order valence-electron chi connectivity index (χ4n) is 1.88. The summed E-state index contributed by atoms with van der Waals surface area (Å²) in [5, 5.41) is 11.6. The zero-order valence-electron chi connectivity index (χ0n) is 13.1. The molecule has 23 heavy (non-hydrogen) atoms. The van der Waals surface area contributed by atoms with Crippen LogP contribution < -0.4 is 11.2 Å². The molecule has 3 N–H and O–H groups in total. The van der Waals surface area contributed by atoms with E-state index in [1.54, 1.807) is 0 Å². The quantitative estimate of drug-likeness (QED) is 0.553. The molecule has 0 fully saturated rings. The minimum Gasteiger partial charge on any atom is -0.355 e. The van der Waals surface area contributed by atoms with Crippen LogP contribution in [0.3, 0.4) is 0 Å². The molecule has 0 bridgehead atoms. The number of carbonyl (C=O) groups is 1. The van der Waals surface area contributed by atoms with Crippen LogP contribution in [0.2, 0.25) is 0 Å². The molecule has 0 aliphatic heterocycles. The molecule has 1 amide bonds. The Morgan fingerprint density at radius 1 is 1.43 bits per heavy atom. The van der Waals surface area contributed by atoms with Gasteiger partial charge in [-0.15, -0.1) is 10.2 Å². The van der Waals surface area contributed by atoms with Crippen molar-refractivity contribution in [3.63, 3.8) is 0 Å². The lowest BCUT2D eigenvalue weighted by Crippen LogP contribution is -2.27. The number of thioether (sulfide) groups is 1. The number of amides is 1. The molecule has 0 saturated heterocycles. The molecular weight excluding hydrogens is 378 g/mol. The van der Waals surface area contributed by atoms with Gasteiger partial charge < -0.3 is 11.2 Å². The van der Waals surface area contributed by atoms with Crippen molar-refractivity contribution in [3.05, 3.63) is 28.7 Å². The van der Waals surface area contributed by atoms with Crippen molar-refractivity contribution >= 4 is 33.6 Å². The van der Waals surface area contributed by atoms with Gasteiger partial charge in [-0.25, -0.2) is 4.68 Å². The molecule has 1 heterocycles. The van der Waals surface area contributed by atoms with Crippen molar-refractivity contribution in [3.8, 4) is 11.4 Å². The Labute approximate surface area is 148 Å². The number of carbonyl (C=O) groups excluding carboxylic acids is 1. The van der Waals surface area contributed by atoms with Crippen LogP contribution in [-0.2, 0) is 4.79 Å². The number of nitrogens with one attached hydrogen (secondary N) is 1. The van der Waals surface area contributed by atoms with Gasteiger partial charge in [0.25, 0.3) is 0 Å². The molecule has 6 nitrogen and oxygen atoms in total. The molecule has 2 rings (SSSR count). The van der Waals surface area contributed by atoms with E-state index < -0.39 is 0 Å². The maximum absolute atomic E-state index is 11.8. The van der Waals surface area contributed by atoms with Crippen molar-refractivity contribution in [2.24, 2.45) is 5.92 Å².